The van der Waals surface area contributed by atoms with Crippen molar-refractivity contribution in [3.63, 3.8) is 0 Å². The van der Waals surface area contributed by atoms with Crippen molar-refractivity contribution < 1.29 is 15.0 Å². The molecule has 0 aliphatic heterocycles. The summed E-state index contributed by atoms with van der Waals surface area (Å²) in [6.07, 6.45) is 13.3. The van der Waals surface area contributed by atoms with Crippen LogP contribution < -0.4 is 0 Å². The molecule has 0 saturated heterocycles. The van der Waals surface area contributed by atoms with Gasteiger partial charge in [0.05, 0.1) is 12.2 Å². The molecular formula is C27H46O3. The van der Waals surface area contributed by atoms with Gasteiger partial charge in [-0.2, -0.15) is 0 Å². The lowest BCUT2D eigenvalue weighted by atomic mass is 9.43. The van der Waals surface area contributed by atoms with Gasteiger partial charge in [-0.25, -0.2) is 0 Å². The van der Waals surface area contributed by atoms with Gasteiger partial charge in [0, 0.05) is 5.92 Å². The Morgan fingerprint density at radius 3 is 2.37 bits per heavy atom. The van der Waals surface area contributed by atoms with Crippen LogP contribution in [0.2, 0.25) is 0 Å². The fourth-order valence-corrected chi connectivity index (χ4v) is 9.21. The highest BCUT2D eigenvalue weighted by Gasteiger charge is 2.62. The fourth-order valence-electron chi connectivity index (χ4n) is 9.21. The minimum atomic E-state index is -0.175. The quantitative estimate of drug-likeness (QED) is 0.551. The maximum Gasteiger partial charge on any atom is 0.122 e. The molecule has 0 aromatic rings. The molecule has 0 heterocycles. The Kier molecular flexibility index (Phi) is 6.45. The van der Waals surface area contributed by atoms with Crippen molar-refractivity contribution in [2.45, 2.75) is 111 Å². The number of carbonyl (C=O) groups is 1. The number of aldehydes is 1. The highest BCUT2D eigenvalue weighted by Crippen LogP contribution is 2.68. The van der Waals surface area contributed by atoms with Gasteiger partial charge in [0.1, 0.15) is 6.29 Å². The number of fused-ring (bicyclic) bond motifs is 5. The third kappa shape index (κ3) is 3.70. The molecule has 3 heteroatoms. The number of aliphatic hydroxyl groups excluding tert-OH is 2. The molecule has 172 valence electrons. The zero-order valence-electron chi connectivity index (χ0n) is 19.9. The lowest BCUT2D eigenvalue weighted by Crippen LogP contribution is -2.58. The van der Waals surface area contributed by atoms with E-state index in [0.29, 0.717) is 40.4 Å². The largest absolute Gasteiger partial charge is 0.393 e. The van der Waals surface area contributed by atoms with Crippen molar-refractivity contribution in [3.05, 3.63) is 0 Å². The van der Waals surface area contributed by atoms with Crippen molar-refractivity contribution in [2.24, 2.45) is 52.3 Å². The molecule has 4 saturated carbocycles. The molecule has 4 aliphatic carbocycles. The summed E-state index contributed by atoms with van der Waals surface area (Å²) in [7, 11) is 0. The second kappa shape index (κ2) is 8.50. The second-order valence-electron chi connectivity index (χ2n) is 12.5. The Bertz CT molecular complexity index is 619. The number of hydrogen-bond acceptors (Lipinski definition) is 3. The van der Waals surface area contributed by atoms with E-state index in [1.54, 1.807) is 0 Å². The molecule has 0 amide bonds. The number of carbonyl (C=O) groups excluding carboxylic acids is 1. The fraction of sp³-hybridized carbons (Fsp3) is 0.963. The Morgan fingerprint density at radius 1 is 0.933 bits per heavy atom. The summed E-state index contributed by atoms with van der Waals surface area (Å²) in [5.41, 5.74) is 0.689. The minimum Gasteiger partial charge on any atom is -0.393 e. The molecule has 4 rings (SSSR count). The predicted molar refractivity (Wildman–Crippen MR) is 121 cm³/mol. The smallest absolute Gasteiger partial charge is 0.122 e. The Morgan fingerprint density at radius 2 is 1.63 bits per heavy atom. The lowest BCUT2D eigenvalue weighted by Gasteiger charge is -2.62. The number of aliphatic hydroxyl groups is 2. The van der Waals surface area contributed by atoms with Crippen molar-refractivity contribution >= 4 is 6.29 Å². The molecule has 0 radical (unpaired) electrons. The van der Waals surface area contributed by atoms with Crippen LogP contribution in [0.25, 0.3) is 0 Å². The van der Waals surface area contributed by atoms with E-state index < -0.39 is 0 Å². The van der Waals surface area contributed by atoms with E-state index in [-0.39, 0.29) is 18.1 Å². The van der Waals surface area contributed by atoms with Crippen LogP contribution in [0.5, 0.6) is 0 Å². The van der Waals surface area contributed by atoms with Gasteiger partial charge in [-0.3, -0.25) is 0 Å². The van der Waals surface area contributed by atoms with Crippen LogP contribution in [0.15, 0.2) is 0 Å². The van der Waals surface area contributed by atoms with Gasteiger partial charge in [-0.15, -0.1) is 0 Å². The summed E-state index contributed by atoms with van der Waals surface area (Å²) in [6, 6.07) is 0. The van der Waals surface area contributed by atoms with Crippen LogP contribution in [-0.4, -0.2) is 28.7 Å². The molecule has 11 atom stereocenters. The molecule has 30 heavy (non-hydrogen) atoms. The predicted octanol–water partition coefficient (Wildman–Crippen LogP) is 5.62. The first-order chi connectivity index (χ1) is 14.2. The first-order valence-electron chi connectivity index (χ1n) is 13.0. The van der Waals surface area contributed by atoms with Crippen LogP contribution >= 0.6 is 0 Å². The maximum absolute atomic E-state index is 11.3. The maximum atomic E-state index is 11.3. The van der Waals surface area contributed by atoms with Crippen molar-refractivity contribution in [3.8, 4) is 0 Å². The Hall–Kier alpha value is -0.410. The van der Waals surface area contributed by atoms with Gasteiger partial charge in [0.2, 0.25) is 0 Å². The van der Waals surface area contributed by atoms with Crippen molar-refractivity contribution in [1.82, 2.24) is 0 Å². The van der Waals surface area contributed by atoms with Gasteiger partial charge >= 0.3 is 0 Å². The van der Waals surface area contributed by atoms with E-state index in [9.17, 15) is 15.0 Å². The van der Waals surface area contributed by atoms with Crippen LogP contribution in [0.3, 0.4) is 0 Å². The van der Waals surface area contributed by atoms with Crippen LogP contribution in [0.4, 0.5) is 0 Å². The Balaban J connectivity index is 1.48. The SMILES string of the molecule is CC(C=O)CCC[C@@H](C)[C@H]1CC[C@H]2[C@@H]3[C@H](O)C[C@@H]4C[C@H](O)CC[C@]4(C)[C@H]3CC[C@]12C. The van der Waals surface area contributed by atoms with E-state index in [2.05, 4.69) is 20.8 Å². The summed E-state index contributed by atoms with van der Waals surface area (Å²) in [5.74, 6) is 3.94. The number of hydrogen-bond donors (Lipinski definition) is 2. The highest BCUT2D eigenvalue weighted by molar-refractivity contribution is 5.52. The van der Waals surface area contributed by atoms with E-state index in [4.69, 9.17) is 0 Å². The zero-order chi connectivity index (χ0) is 21.7. The molecule has 2 N–H and O–H groups in total. The van der Waals surface area contributed by atoms with Crippen molar-refractivity contribution in [2.75, 3.05) is 0 Å². The van der Waals surface area contributed by atoms with Gasteiger partial charge in [-0.05, 0) is 104 Å². The normalized spacial score (nSPS) is 50.1. The molecular weight excluding hydrogens is 372 g/mol. The minimum absolute atomic E-state index is 0.153. The molecule has 0 aromatic heterocycles. The van der Waals surface area contributed by atoms with Crippen molar-refractivity contribution in [1.29, 1.82) is 0 Å². The van der Waals surface area contributed by atoms with E-state index >= 15 is 0 Å². The van der Waals surface area contributed by atoms with E-state index in [0.717, 1.165) is 50.7 Å². The van der Waals surface area contributed by atoms with Crippen LogP contribution in [0.1, 0.15) is 98.3 Å². The summed E-state index contributed by atoms with van der Waals surface area (Å²) < 4.78 is 0. The molecule has 4 fully saturated rings. The molecule has 0 spiro atoms. The third-order valence-corrected chi connectivity index (χ3v) is 11.0. The Labute approximate surface area is 184 Å². The van der Waals surface area contributed by atoms with E-state index in [1.807, 2.05) is 6.92 Å². The lowest BCUT2D eigenvalue weighted by molar-refractivity contribution is -0.174. The van der Waals surface area contributed by atoms with Gasteiger partial charge < -0.3 is 15.0 Å². The second-order valence-corrected chi connectivity index (χ2v) is 12.5. The van der Waals surface area contributed by atoms with Gasteiger partial charge in [-0.1, -0.05) is 40.5 Å². The summed E-state index contributed by atoms with van der Waals surface area (Å²) in [6.45, 7) is 9.54. The van der Waals surface area contributed by atoms with Crippen LogP contribution in [-0.2, 0) is 4.79 Å². The van der Waals surface area contributed by atoms with Crippen LogP contribution in [0, 0.1) is 52.3 Å². The first kappa shape index (κ1) is 22.8. The topological polar surface area (TPSA) is 57.5 Å². The monoisotopic (exact) mass is 418 g/mol. The van der Waals surface area contributed by atoms with E-state index in [1.165, 1.54) is 32.1 Å². The van der Waals surface area contributed by atoms with Gasteiger partial charge in [0.15, 0.2) is 0 Å². The molecule has 0 bridgehead atoms. The van der Waals surface area contributed by atoms with Gasteiger partial charge in [0.25, 0.3) is 0 Å². The zero-order valence-corrected chi connectivity index (χ0v) is 19.9. The number of rotatable bonds is 6. The molecule has 0 aromatic carbocycles. The highest BCUT2D eigenvalue weighted by atomic mass is 16.3. The third-order valence-electron chi connectivity index (χ3n) is 11.0. The molecule has 3 nitrogen and oxygen atoms in total. The summed E-state index contributed by atoms with van der Waals surface area (Å²) >= 11 is 0. The molecule has 1 unspecified atom stereocenters. The molecule has 4 aliphatic rings. The average Bonchev–Trinajstić information content (AvgIpc) is 3.06. The summed E-state index contributed by atoms with van der Waals surface area (Å²) in [5, 5.41) is 21.6. The summed E-state index contributed by atoms with van der Waals surface area (Å²) in [4.78, 5) is 10.9. The average molecular weight is 419 g/mol. The first-order valence-corrected chi connectivity index (χ1v) is 13.0. The standard InChI is InChI=1S/C27H46O3/c1-17(16-28)6-5-7-18(2)21-8-9-22-25-23(11-13-27(21,22)4)26(3)12-10-20(29)14-19(26)15-24(25)30/h16-25,29-30H,5-15H2,1-4H3/t17?,18-,19+,20-,21-,22+,23+,24-,25+,26+,27-/m1/s1.